The molecule has 5 aromatic carbocycles. The summed E-state index contributed by atoms with van der Waals surface area (Å²) in [5, 5.41) is 8.34. The fourth-order valence-corrected chi connectivity index (χ4v) is 6.29. The number of hydrogen-bond donors (Lipinski definition) is 3. The number of thioether (sulfide) groups is 1. The normalized spacial score (nSPS) is 11.8. The number of anilines is 2. The van der Waals surface area contributed by atoms with Crippen LogP contribution in [0.4, 0.5) is 11.4 Å². The van der Waals surface area contributed by atoms with E-state index in [2.05, 4.69) is 38.8 Å². The SMILES string of the molecule is CCc1cccc(C)c1NC(=O)C(Sc1cccc(NC(=O)/C(=C\c2ccc(Br)cc2)NC(=O)c2ccccc2)c1)c1ccccc1. The van der Waals surface area contributed by atoms with Crippen LogP contribution in [0.1, 0.15) is 44.8 Å². The van der Waals surface area contributed by atoms with Gasteiger partial charge in [-0.15, -0.1) is 11.8 Å². The third-order valence-corrected chi connectivity index (χ3v) is 9.16. The smallest absolute Gasteiger partial charge is 0.272 e. The van der Waals surface area contributed by atoms with E-state index in [0.29, 0.717) is 11.3 Å². The molecule has 5 rings (SSSR count). The van der Waals surface area contributed by atoms with Gasteiger partial charge in [0.1, 0.15) is 10.9 Å². The second-order valence-corrected chi connectivity index (χ2v) is 12.9. The summed E-state index contributed by atoms with van der Waals surface area (Å²) in [6.45, 7) is 4.06. The Balaban J connectivity index is 1.39. The van der Waals surface area contributed by atoms with Crippen LogP contribution in [-0.2, 0) is 16.0 Å². The molecule has 5 aromatic rings. The van der Waals surface area contributed by atoms with E-state index in [1.54, 1.807) is 36.4 Å². The number of hydrogen-bond acceptors (Lipinski definition) is 4. The van der Waals surface area contributed by atoms with Gasteiger partial charge in [-0.1, -0.05) is 108 Å². The summed E-state index contributed by atoms with van der Waals surface area (Å²) >= 11 is 4.83. The Labute approximate surface area is 287 Å². The van der Waals surface area contributed by atoms with Gasteiger partial charge in [-0.05, 0) is 84.1 Å². The van der Waals surface area contributed by atoms with E-state index < -0.39 is 17.1 Å². The van der Waals surface area contributed by atoms with Crippen molar-refractivity contribution in [3.05, 3.63) is 165 Å². The van der Waals surface area contributed by atoms with Crippen LogP contribution < -0.4 is 16.0 Å². The molecule has 0 aliphatic rings. The lowest BCUT2D eigenvalue weighted by Crippen LogP contribution is -2.30. The second kappa shape index (κ2) is 16.1. The van der Waals surface area contributed by atoms with Gasteiger partial charge in [0.2, 0.25) is 5.91 Å². The van der Waals surface area contributed by atoms with Crippen molar-refractivity contribution < 1.29 is 14.4 Å². The molecule has 0 saturated heterocycles. The lowest BCUT2D eigenvalue weighted by molar-refractivity contribution is -0.116. The summed E-state index contributed by atoms with van der Waals surface area (Å²) in [4.78, 5) is 41.3. The Morgan fingerprint density at radius 3 is 2.17 bits per heavy atom. The molecule has 0 aliphatic carbocycles. The predicted octanol–water partition coefficient (Wildman–Crippen LogP) is 9.20. The number of carbonyl (C=O) groups is 3. The third kappa shape index (κ3) is 9.09. The number of nitrogens with one attached hydrogen (secondary N) is 3. The molecule has 47 heavy (non-hydrogen) atoms. The van der Waals surface area contributed by atoms with Gasteiger partial charge in [0.15, 0.2) is 0 Å². The van der Waals surface area contributed by atoms with E-state index in [4.69, 9.17) is 0 Å². The monoisotopic (exact) mass is 703 g/mol. The van der Waals surface area contributed by atoms with Gasteiger partial charge in [-0.2, -0.15) is 0 Å². The molecule has 3 N–H and O–H groups in total. The van der Waals surface area contributed by atoms with Crippen LogP contribution in [-0.4, -0.2) is 17.7 Å². The minimum atomic E-state index is -0.551. The number of carbonyl (C=O) groups excluding carboxylic acids is 3. The Morgan fingerprint density at radius 1 is 0.787 bits per heavy atom. The zero-order chi connectivity index (χ0) is 33.2. The van der Waals surface area contributed by atoms with E-state index >= 15 is 0 Å². The van der Waals surface area contributed by atoms with Crippen molar-refractivity contribution in [3.63, 3.8) is 0 Å². The van der Waals surface area contributed by atoms with Gasteiger partial charge in [0.25, 0.3) is 11.8 Å². The fourth-order valence-electron chi connectivity index (χ4n) is 4.94. The number of amides is 3. The summed E-state index contributed by atoms with van der Waals surface area (Å²) in [5.41, 5.74) is 5.57. The summed E-state index contributed by atoms with van der Waals surface area (Å²) in [5.74, 6) is -1.02. The highest BCUT2D eigenvalue weighted by Crippen LogP contribution is 2.38. The van der Waals surface area contributed by atoms with Gasteiger partial charge < -0.3 is 16.0 Å². The third-order valence-electron chi connectivity index (χ3n) is 7.38. The minimum absolute atomic E-state index is 0.0886. The first-order valence-electron chi connectivity index (χ1n) is 15.2. The molecule has 0 saturated carbocycles. The van der Waals surface area contributed by atoms with Crippen molar-refractivity contribution >= 4 is 62.9 Å². The van der Waals surface area contributed by atoms with Crippen molar-refractivity contribution in [1.29, 1.82) is 0 Å². The number of halogens is 1. The molecule has 6 nitrogen and oxygen atoms in total. The molecule has 236 valence electrons. The van der Waals surface area contributed by atoms with Crippen LogP contribution in [0.5, 0.6) is 0 Å². The molecule has 8 heteroatoms. The van der Waals surface area contributed by atoms with Gasteiger partial charge in [0.05, 0.1) is 0 Å². The first-order chi connectivity index (χ1) is 22.8. The number of benzene rings is 5. The molecule has 0 aromatic heterocycles. The van der Waals surface area contributed by atoms with Crippen molar-refractivity contribution in [2.45, 2.75) is 30.4 Å². The van der Waals surface area contributed by atoms with Crippen LogP contribution in [0, 0.1) is 6.92 Å². The highest BCUT2D eigenvalue weighted by atomic mass is 79.9. The summed E-state index contributed by atoms with van der Waals surface area (Å²) in [6, 6.07) is 39.1. The van der Waals surface area contributed by atoms with E-state index in [9.17, 15) is 14.4 Å². The molecule has 0 fully saturated rings. The zero-order valence-corrected chi connectivity index (χ0v) is 28.4. The Hall–Kier alpha value is -4.92. The number of rotatable bonds is 11. The van der Waals surface area contributed by atoms with Gasteiger partial charge >= 0.3 is 0 Å². The van der Waals surface area contributed by atoms with Crippen LogP contribution in [0.3, 0.4) is 0 Å². The first-order valence-corrected chi connectivity index (χ1v) is 16.8. The topological polar surface area (TPSA) is 87.3 Å². The fraction of sp³-hybridized carbons (Fsp3) is 0.103. The van der Waals surface area contributed by atoms with Crippen molar-refractivity contribution in [2.75, 3.05) is 10.6 Å². The maximum Gasteiger partial charge on any atom is 0.272 e. The van der Waals surface area contributed by atoms with Crippen molar-refractivity contribution in [1.82, 2.24) is 5.32 Å². The molecule has 3 amide bonds. The zero-order valence-electron chi connectivity index (χ0n) is 26.0. The Bertz CT molecular complexity index is 1890. The number of para-hydroxylation sites is 1. The molecular weight excluding hydrogens is 670 g/mol. The summed E-state index contributed by atoms with van der Waals surface area (Å²) in [6.07, 6.45) is 2.43. The average molecular weight is 705 g/mol. The minimum Gasteiger partial charge on any atom is -0.324 e. The van der Waals surface area contributed by atoms with Gasteiger partial charge in [-0.3, -0.25) is 14.4 Å². The Morgan fingerprint density at radius 2 is 1.47 bits per heavy atom. The largest absolute Gasteiger partial charge is 0.324 e. The molecule has 0 spiro atoms. The first kappa shape index (κ1) is 33.4. The van der Waals surface area contributed by atoms with E-state index in [1.165, 1.54) is 11.8 Å². The van der Waals surface area contributed by atoms with E-state index in [-0.39, 0.29) is 11.6 Å². The molecule has 0 heterocycles. The molecule has 0 aliphatic heterocycles. The van der Waals surface area contributed by atoms with Gasteiger partial charge in [0, 0.05) is 26.3 Å². The van der Waals surface area contributed by atoms with Crippen LogP contribution in [0.15, 0.2) is 142 Å². The summed E-state index contributed by atoms with van der Waals surface area (Å²) < 4.78 is 0.899. The molecule has 0 radical (unpaired) electrons. The maximum atomic E-state index is 13.9. The standard InChI is InChI=1S/C39H34BrN3O3S/c1-3-28-17-10-12-26(2)35(28)43-39(46)36(29-13-6-4-7-14-29)47-33-19-11-18-32(25-33)41-38(45)34(24-27-20-22-31(40)23-21-27)42-37(44)30-15-8-5-9-16-30/h4-25,36H,3H2,1-2H3,(H,41,45)(H,42,44)(H,43,46)/b34-24+. The van der Waals surface area contributed by atoms with Crippen LogP contribution in [0.25, 0.3) is 6.08 Å². The lowest BCUT2D eigenvalue weighted by Gasteiger charge is -2.20. The Kier molecular flexibility index (Phi) is 11.4. The quantitative estimate of drug-likeness (QED) is 0.0946. The van der Waals surface area contributed by atoms with E-state index in [0.717, 1.165) is 43.7 Å². The molecule has 0 bridgehead atoms. The lowest BCUT2D eigenvalue weighted by atomic mass is 10.1. The van der Waals surface area contributed by atoms with Crippen molar-refractivity contribution in [3.8, 4) is 0 Å². The van der Waals surface area contributed by atoms with Crippen molar-refractivity contribution in [2.24, 2.45) is 0 Å². The highest BCUT2D eigenvalue weighted by molar-refractivity contribution is 9.10. The predicted molar refractivity (Wildman–Crippen MR) is 195 cm³/mol. The maximum absolute atomic E-state index is 13.9. The van der Waals surface area contributed by atoms with Crippen LogP contribution in [0.2, 0.25) is 0 Å². The average Bonchev–Trinajstić information content (AvgIpc) is 3.09. The van der Waals surface area contributed by atoms with Gasteiger partial charge in [-0.25, -0.2) is 0 Å². The number of aryl methyl sites for hydroxylation is 2. The highest BCUT2D eigenvalue weighted by Gasteiger charge is 2.24. The van der Waals surface area contributed by atoms with E-state index in [1.807, 2.05) is 104 Å². The van der Waals surface area contributed by atoms with Crippen LogP contribution >= 0.6 is 27.7 Å². The second-order valence-electron chi connectivity index (χ2n) is 10.8. The molecule has 1 atom stereocenters. The molecule has 1 unspecified atom stereocenters. The summed E-state index contributed by atoms with van der Waals surface area (Å²) in [7, 11) is 0. The molecular formula is C39H34BrN3O3S.